The molecular weight excluding hydrogens is 478 g/mol. The van der Waals surface area contributed by atoms with Gasteiger partial charge in [0.2, 0.25) is 0 Å². The molecule has 159 valence electrons. The van der Waals surface area contributed by atoms with Crippen molar-refractivity contribution in [3.05, 3.63) is 58.7 Å². The summed E-state index contributed by atoms with van der Waals surface area (Å²) in [7, 11) is 10.6. The second-order valence-corrected chi connectivity index (χ2v) is 11.8. The van der Waals surface area contributed by atoms with Crippen LogP contribution in [0.4, 0.5) is 0 Å². The Morgan fingerprint density at radius 1 is 0.714 bits per heavy atom. The second-order valence-electron chi connectivity index (χ2n) is 6.90. The molecule has 0 fully saturated rings. The number of rotatable bonds is 8. The molecule has 0 unspecified atom stereocenters. The Labute approximate surface area is 197 Å². The summed E-state index contributed by atoms with van der Waals surface area (Å²) in [5.41, 5.74) is 6.04. The zero-order valence-corrected chi connectivity index (χ0v) is 24.1. The van der Waals surface area contributed by atoms with E-state index in [0.717, 1.165) is 9.52 Å². The number of aryl methyl sites for hydroxylation is 4. The molecule has 0 spiro atoms. The standard InChI is InChI=1S/2C11H17.C2H7Si.2ClH.Zr/c2*1-3-5-10-7-8-11(9-10)6-4-2;1-3-2;;;/h2*7-9H,3-6H2,1-2H3;3H,1-2H3;2*1H;/q2*-1;;;;+4/p-2. The molecule has 0 aliphatic heterocycles. The maximum absolute atomic E-state index is 4.93. The molecule has 1 radical (unpaired) electrons. The van der Waals surface area contributed by atoms with E-state index in [9.17, 15) is 0 Å². The van der Waals surface area contributed by atoms with E-state index in [1.54, 1.807) is 0 Å². The van der Waals surface area contributed by atoms with E-state index in [1.165, 1.54) is 73.6 Å². The number of halogens is 2. The van der Waals surface area contributed by atoms with Crippen molar-refractivity contribution in [1.29, 1.82) is 0 Å². The Bertz CT molecular complexity index is 445. The minimum absolute atomic E-state index is 0.750. The predicted molar refractivity (Wildman–Crippen MR) is 131 cm³/mol. The molecule has 0 atom stereocenters. The Balaban J connectivity index is 0. The zero-order chi connectivity index (χ0) is 21.6. The molecule has 0 aliphatic carbocycles. The van der Waals surface area contributed by atoms with E-state index in [4.69, 9.17) is 17.0 Å². The molecule has 0 aliphatic rings. The summed E-state index contributed by atoms with van der Waals surface area (Å²) in [6.45, 7) is 13.3. The topological polar surface area (TPSA) is 0 Å². The summed E-state index contributed by atoms with van der Waals surface area (Å²) in [6, 6.07) is 13.7. The molecule has 0 saturated heterocycles. The molecule has 4 heteroatoms. The van der Waals surface area contributed by atoms with Crippen molar-refractivity contribution in [2.75, 3.05) is 0 Å². The Morgan fingerprint density at radius 3 is 1.25 bits per heavy atom. The van der Waals surface area contributed by atoms with Gasteiger partial charge in [-0.15, -0.1) is 0 Å². The first-order chi connectivity index (χ1) is 13.6. The van der Waals surface area contributed by atoms with E-state index < -0.39 is 20.8 Å². The van der Waals surface area contributed by atoms with Crippen molar-refractivity contribution in [3.63, 3.8) is 0 Å². The van der Waals surface area contributed by atoms with Gasteiger partial charge in [0.25, 0.3) is 0 Å². The molecule has 28 heavy (non-hydrogen) atoms. The molecular formula is C24H41Cl2SiZr. The van der Waals surface area contributed by atoms with Gasteiger partial charge in [-0.05, 0) is 0 Å². The van der Waals surface area contributed by atoms with Crippen LogP contribution in [0, 0.1) is 0 Å². The SMILES string of the molecule is CCCc1c[cH-]c(CCC)c1.CCCc1c[cH-]c(CCC)c1.C[SiH]C.[Cl][Zr+2][Cl]. The number of hydrogen-bond donors (Lipinski definition) is 0. The van der Waals surface area contributed by atoms with Gasteiger partial charge >= 0.3 is 37.9 Å². The maximum atomic E-state index is 4.93. The fraction of sp³-hybridized carbons (Fsp3) is 0.583. The minimum atomic E-state index is -0.826. The zero-order valence-electron chi connectivity index (χ0n) is 19.0. The van der Waals surface area contributed by atoms with Crippen LogP contribution < -0.4 is 0 Å². The van der Waals surface area contributed by atoms with Gasteiger partial charge in [-0.1, -0.05) is 92.2 Å². The van der Waals surface area contributed by atoms with Gasteiger partial charge in [0.1, 0.15) is 0 Å². The van der Waals surface area contributed by atoms with Gasteiger partial charge in [-0.2, -0.15) is 46.5 Å². The van der Waals surface area contributed by atoms with E-state index in [0.29, 0.717) is 0 Å². The molecule has 0 bridgehead atoms. The van der Waals surface area contributed by atoms with Gasteiger partial charge in [0.15, 0.2) is 0 Å². The average molecular weight is 520 g/mol. The summed E-state index contributed by atoms with van der Waals surface area (Å²) >= 11 is -0.826. The Hall–Kier alpha value is 0.380. The first-order valence-corrected chi connectivity index (χ1v) is 19.4. The van der Waals surface area contributed by atoms with Gasteiger partial charge in [0, 0.05) is 9.52 Å². The summed E-state index contributed by atoms with van der Waals surface area (Å²) < 4.78 is 0. The van der Waals surface area contributed by atoms with Gasteiger partial charge in [-0.25, -0.2) is 12.1 Å². The molecule has 0 heterocycles. The van der Waals surface area contributed by atoms with Crippen LogP contribution in [-0.4, -0.2) is 9.52 Å². The predicted octanol–water partition coefficient (Wildman–Crippen LogP) is 8.52. The third-order valence-corrected chi connectivity index (χ3v) is 3.92. The molecule has 0 nitrogen and oxygen atoms in total. The van der Waals surface area contributed by atoms with Crippen LogP contribution in [-0.2, 0) is 46.5 Å². The van der Waals surface area contributed by atoms with Crippen molar-refractivity contribution >= 4 is 26.5 Å². The molecule has 2 aromatic carbocycles. The first-order valence-electron chi connectivity index (χ1n) is 10.8. The Morgan fingerprint density at radius 2 is 1.00 bits per heavy atom. The Kier molecular flexibility index (Phi) is 25.8. The van der Waals surface area contributed by atoms with E-state index in [2.05, 4.69) is 77.2 Å². The molecule has 0 amide bonds. The van der Waals surface area contributed by atoms with Crippen molar-refractivity contribution in [1.82, 2.24) is 0 Å². The van der Waals surface area contributed by atoms with Crippen molar-refractivity contribution < 1.29 is 20.8 Å². The third kappa shape index (κ3) is 18.4. The van der Waals surface area contributed by atoms with Crippen LogP contribution in [0.3, 0.4) is 0 Å². The van der Waals surface area contributed by atoms with E-state index >= 15 is 0 Å². The molecule has 2 rings (SSSR count). The summed E-state index contributed by atoms with van der Waals surface area (Å²) in [6.07, 6.45) is 10.00. The van der Waals surface area contributed by atoms with E-state index in [-0.39, 0.29) is 0 Å². The molecule has 0 aromatic heterocycles. The normalized spacial score (nSPS) is 9.14. The van der Waals surface area contributed by atoms with Crippen LogP contribution in [0.5, 0.6) is 0 Å². The first kappa shape index (κ1) is 30.6. The van der Waals surface area contributed by atoms with Crippen LogP contribution in [0.2, 0.25) is 13.1 Å². The fourth-order valence-electron chi connectivity index (χ4n) is 2.87. The van der Waals surface area contributed by atoms with Crippen LogP contribution in [0.1, 0.15) is 75.6 Å². The summed E-state index contributed by atoms with van der Waals surface area (Å²) in [5, 5.41) is 0. The van der Waals surface area contributed by atoms with E-state index in [1.807, 2.05) is 0 Å². The van der Waals surface area contributed by atoms with Crippen LogP contribution >= 0.6 is 17.0 Å². The fourth-order valence-corrected chi connectivity index (χ4v) is 2.87. The molecule has 0 N–H and O–H groups in total. The molecule has 2 aromatic rings. The second kappa shape index (κ2) is 23.7. The van der Waals surface area contributed by atoms with Gasteiger partial charge in [-0.3, -0.25) is 0 Å². The number of hydrogen-bond acceptors (Lipinski definition) is 0. The monoisotopic (exact) mass is 517 g/mol. The van der Waals surface area contributed by atoms with Crippen molar-refractivity contribution in [2.24, 2.45) is 0 Å². The molecule has 0 saturated carbocycles. The summed E-state index contributed by atoms with van der Waals surface area (Å²) in [4.78, 5) is 0. The van der Waals surface area contributed by atoms with Gasteiger partial charge in [0.05, 0.1) is 0 Å². The van der Waals surface area contributed by atoms with Crippen LogP contribution in [0.15, 0.2) is 36.4 Å². The average Bonchev–Trinajstić information content (AvgIpc) is 3.28. The van der Waals surface area contributed by atoms with Gasteiger partial charge < -0.3 is 0 Å². The summed E-state index contributed by atoms with van der Waals surface area (Å²) in [5.74, 6) is 0. The van der Waals surface area contributed by atoms with Crippen LogP contribution in [0.25, 0.3) is 0 Å². The van der Waals surface area contributed by atoms with Crippen molar-refractivity contribution in [3.8, 4) is 0 Å². The third-order valence-electron chi connectivity index (χ3n) is 3.92. The quantitative estimate of drug-likeness (QED) is 0.242. The van der Waals surface area contributed by atoms with Crippen molar-refractivity contribution in [2.45, 2.75) is 92.2 Å².